The zero-order chi connectivity index (χ0) is 23.5. The molecule has 0 aliphatic carbocycles. The fourth-order valence-electron chi connectivity index (χ4n) is 3.76. The second-order valence-corrected chi connectivity index (χ2v) is 7.76. The number of hydrogen-bond acceptors (Lipinski definition) is 7. The van der Waals surface area contributed by atoms with Gasteiger partial charge in [0.05, 0.1) is 18.0 Å². The van der Waals surface area contributed by atoms with Crippen LogP contribution in [0.4, 0.5) is 0 Å². The van der Waals surface area contributed by atoms with E-state index in [9.17, 15) is 0 Å². The Morgan fingerprint density at radius 2 is 1.65 bits per heavy atom. The number of ether oxygens (including phenoxy) is 4. The lowest BCUT2D eigenvalue weighted by Gasteiger charge is -2.14. The molecule has 0 aliphatic rings. The highest BCUT2D eigenvalue weighted by Crippen LogP contribution is 2.36. The van der Waals surface area contributed by atoms with Crippen LogP contribution >= 0.6 is 0 Å². The SMILES string of the molecule is COc1cc2c(Oc3ccc4[nH]c(C)c(C)c4c3)ncnc2cc1OCCOc1ccncc1. The zero-order valence-electron chi connectivity index (χ0n) is 19.2. The molecule has 0 aliphatic heterocycles. The molecular weight excluding hydrogens is 432 g/mol. The van der Waals surface area contributed by atoms with E-state index in [-0.39, 0.29) is 0 Å². The minimum atomic E-state index is 0.341. The maximum absolute atomic E-state index is 6.16. The predicted molar refractivity (Wildman–Crippen MR) is 129 cm³/mol. The van der Waals surface area contributed by atoms with Gasteiger partial charge in [-0.1, -0.05) is 0 Å². The van der Waals surface area contributed by atoms with E-state index in [0.29, 0.717) is 41.9 Å². The summed E-state index contributed by atoms with van der Waals surface area (Å²) in [6.45, 7) is 4.87. The summed E-state index contributed by atoms with van der Waals surface area (Å²) in [5.41, 5.74) is 4.10. The van der Waals surface area contributed by atoms with Crippen LogP contribution in [0.25, 0.3) is 21.8 Å². The van der Waals surface area contributed by atoms with Gasteiger partial charge in [0.2, 0.25) is 5.88 Å². The van der Waals surface area contributed by atoms with Gasteiger partial charge >= 0.3 is 0 Å². The molecule has 0 radical (unpaired) electrons. The number of hydrogen-bond donors (Lipinski definition) is 1. The Bertz CT molecular complexity index is 1450. The maximum atomic E-state index is 6.16. The molecule has 0 atom stereocenters. The van der Waals surface area contributed by atoms with Crippen molar-refractivity contribution in [2.24, 2.45) is 0 Å². The second-order valence-electron chi connectivity index (χ2n) is 7.76. The van der Waals surface area contributed by atoms with Crippen LogP contribution in [-0.2, 0) is 0 Å². The van der Waals surface area contributed by atoms with Gasteiger partial charge in [-0.25, -0.2) is 9.97 Å². The second kappa shape index (κ2) is 9.27. The van der Waals surface area contributed by atoms with E-state index in [1.165, 1.54) is 11.9 Å². The monoisotopic (exact) mass is 456 g/mol. The van der Waals surface area contributed by atoms with Gasteiger partial charge in [-0.3, -0.25) is 4.98 Å². The molecule has 3 heterocycles. The molecule has 8 heteroatoms. The van der Waals surface area contributed by atoms with Gasteiger partial charge in [-0.15, -0.1) is 0 Å². The first-order valence-corrected chi connectivity index (χ1v) is 10.9. The Hall–Kier alpha value is -4.33. The van der Waals surface area contributed by atoms with Gasteiger partial charge in [0.15, 0.2) is 11.5 Å². The standard InChI is InChI=1S/C26H24N4O4/c1-16-17(2)30-22-5-4-19(12-20(16)22)34-26-21-13-24(31-3)25(14-23(21)28-15-29-26)33-11-10-32-18-6-8-27-9-7-18/h4-9,12-15,30H,10-11H2,1-3H3. The van der Waals surface area contributed by atoms with Crippen molar-refractivity contribution in [1.29, 1.82) is 0 Å². The third-order valence-corrected chi connectivity index (χ3v) is 5.64. The van der Waals surface area contributed by atoms with E-state index in [4.69, 9.17) is 18.9 Å². The quantitative estimate of drug-likeness (QED) is 0.313. The van der Waals surface area contributed by atoms with Crippen LogP contribution in [0.5, 0.6) is 28.9 Å². The summed E-state index contributed by atoms with van der Waals surface area (Å²) in [4.78, 5) is 16.1. The molecule has 34 heavy (non-hydrogen) atoms. The van der Waals surface area contributed by atoms with E-state index in [1.807, 2.05) is 30.3 Å². The number of aryl methyl sites for hydroxylation is 2. The Balaban J connectivity index is 1.37. The van der Waals surface area contributed by atoms with Gasteiger partial charge < -0.3 is 23.9 Å². The van der Waals surface area contributed by atoms with Crippen molar-refractivity contribution in [2.45, 2.75) is 13.8 Å². The van der Waals surface area contributed by atoms with Gasteiger partial charge in [0.25, 0.3) is 0 Å². The highest BCUT2D eigenvalue weighted by atomic mass is 16.5. The number of fused-ring (bicyclic) bond motifs is 2. The lowest BCUT2D eigenvalue weighted by Crippen LogP contribution is -2.09. The van der Waals surface area contributed by atoms with Crippen molar-refractivity contribution >= 4 is 21.8 Å². The maximum Gasteiger partial charge on any atom is 0.230 e. The summed E-state index contributed by atoms with van der Waals surface area (Å²) in [5, 5.41) is 1.84. The Kier molecular flexibility index (Phi) is 5.86. The van der Waals surface area contributed by atoms with Gasteiger partial charge in [0.1, 0.15) is 31.0 Å². The molecule has 0 bridgehead atoms. The lowest BCUT2D eigenvalue weighted by atomic mass is 10.1. The highest BCUT2D eigenvalue weighted by Gasteiger charge is 2.14. The zero-order valence-corrected chi connectivity index (χ0v) is 19.2. The molecular formula is C26H24N4O4. The van der Waals surface area contributed by atoms with Crippen LogP contribution in [-0.4, -0.2) is 40.3 Å². The number of rotatable bonds is 8. The van der Waals surface area contributed by atoms with Crippen LogP contribution in [0.2, 0.25) is 0 Å². The summed E-state index contributed by atoms with van der Waals surface area (Å²) < 4.78 is 23.3. The smallest absolute Gasteiger partial charge is 0.230 e. The van der Waals surface area contributed by atoms with Gasteiger partial charge in [-0.2, -0.15) is 0 Å². The molecule has 1 N–H and O–H groups in total. The fourth-order valence-corrected chi connectivity index (χ4v) is 3.76. The Morgan fingerprint density at radius 1 is 0.824 bits per heavy atom. The average molecular weight is 457 g/mol. The number of nitrogens with zero attached hydrogens (tertiary/aromatic N) is 3. The van der Waals surface area contributed by atoms with Crippen LogP contribution in [0.15, 0.2) is 61.2 Å². The Morgan fingerprint density at radius 3 is 2.47 bits per heavy atom. The first kappa shape index (κ1) is 21.5. The third-order valence-electron chi connectivity index (χ3n) is 5.64. The number of pyridine rings is 1. The summed E-state index contributed by atoms with van der Waals surface area (Å²) in [7, 11) is 1.59. The molecule has 0 unspecified atom stereocenters. The molecule has 0 saturated carbocycles. The first-order valence-electron chi connectivity index (χ1n) is 10.9. The predicted octanol–water partition coefficient (Wildman–Crippen LogP) is 5.38. The minimum absolute atomic E-state index is 0.341. The van der Waals surface area contributed by atoms with Crippen LogP contribution < -0.4 is 18.9 Å². The number of nitrogens with one attached hydrogen (secondary N) is 1. The highest BCUT2D eigenvalue weighted by molar-refractivity contribution is 5.88. The van der Waals surface area contributed by atoms with Crippen molar-refractivity contribution in [3.8, 4) is 28.9 Å². The van der Waals surface area contributed by atoms with Crippen molar-refractivity contribution in [1.82, 2.24) is 19.9 Å². The molecule has 5 aromatic rings. The molecule has 0 spiro atoms. The summed E-state index contributed by atoms with van der Waals surface area (Å²) in [6, 6.07) is 13.2. The summed E-state index contributed by atoms with van der Waals surface area (Å²) in [6.07, 6.45) is 4.84. The molecule has 3 aromatic heterocycles. The van der Waals surface area contributed by atoms with Crippen LogP contribution in [0.1, 0.15) is 11.3 Å². The summed E-state index contributed by atoms with van der Waals surface area (Å²) >= 11 is 0. The molecule has 172 valence electrons. The Labute approximate surface area is 196 Å². The van der Waals surface area contributed by atoms with Crippen molar-refractivity contribution in [3.05, 3.63) is 72.4 Å². The molecule has 0 saturated heterocycles. The van der Waals surface area contributed by atoms with Gasteiger partial charge in [-0.05, 0) is 55.8 Å². The van der Waals surface area contributed by atoms with Crippen LogP contribution in [0, 0.1) is 13.8 Å². The van der Waals surface area contributed by atoms with E-state index in [2.05, 4.69) is 33.8 Å². The largest absolute Gasteiger partial charge is 0.493 e. The summed E-state index contributed by atoms with van der Waals surface area (Å²) in [5.74, 6) is 3.01. The van der Waals surface area contributed by atoms with Crippen LogP contribution in [0.3, 0.4) is 0 Å². The minimum Gasteiger partial charge on any atom is -0.493 e. The molecule has 0 fully saturated rings. The third kappa shape index (κ3) is 4.30. The number of aromatic amines is 1. The topological polar surface area (TPSA) is 91.4 Å². The van der Waals surface area contributed by atoms with E-state index in [0.717, 1.165) is 27.7 Å². The van der Waals surface area contributed by atoms with Crippen molar-refractivity contribution in [3.63, 3.8) is 0 Å². The number of aromatic nitrogens is 4. The number of benzene rings is 2. The van der Waals surface area contributed by atoms with Crippen molar-refractivity contribution < 1.29 is 18.9 Å². The normalized spacial score (nSPS) is 11.0. The molecule has 2 aromatic carbocycles. The fraction of sp³-hybridized carbons (Fsp3) is 0.192. The lowest BCUT2D eigenvalue weighted by molar-refractivity contribution is 0.211. The molecule has 0 amide bonds. The number of H-pyrrole nitrogens is 1. The average Bonchev–Trinajstić information content (AvgIpc) is 3.15. The first-order chi connectivity index (χ1) is 16.6. The molecule has 8 nitrogen and oxygen atoms in total. The van der Waals surface area contributed by atoms with Crippen molar-refractivity contribution in [2.75, 3.05) is 20.3 Å². The van der Waals surface area contributed by atoms with E-state index >= 15 is 0 Å². The molecule has 5 rings (SSSR count). The van der Waals surface area contributed by atoms with E-state index in [1.54, 1.807) is 31.6 Å². The van der Waals surface area contributed by atoms with E-state index < -0.39 is 0 Å². The van der Waals surface area contributed by atoms with Gasteiger partial charge in [0, 0.05) is 35.1 Å². The number of methoxy groups -OCH3 is 1.